The van der Waals surface area contributed by atoms with Crippen molar-refractivity contribution in [3.8, 4) is 5.88 Å². The third kappa shape index (κ3) is 1.95. The van der Waals surface area contributed by atoms with E-state index in [-0.39, 0.29) is 0 Å². The smallest absolute Gasteiger partial charge is 0.242 e. The molecule has 2 rings (SSSR count). The Morgan fingerprint density at radius 3 is 2.73 bits per heavy atom. The number of rotatable bonds is 4. The van der Waals surface area contributed by atoms with E-state index in [2.05, 4.69) is 15.3 Å². The molecule has 1 aromatic rings. The van der Waals surface area contributed by atoms with Gasteiger partial charge in [0.15, 0.2) is 5.82 Å². The van der Waals surface area contributed by atoms with Gasteiger partial charge in [-0.25, -0.2) is 4.98 Å². The quantitative estimate of drug-likeness (QED) is 0.782. The minimum atomic E-state index is 0.475. The van der Waals surface area contributed by atoms with Crippen LogP contribution in [0, 0.1) is 0 Å². The molecule has 0 unspecified atom stereocenters. The van der Waals surface area contributed by atoms with Crippen molar-refractivity contribution in [2.24, 2.45) is 0 Å². The van der Waals surface area contributed by atoms with E-state index < -0.39 is 0 Å². The van der Waals surface area contributed by atoms with E-state index in [0.717, 1.165) is 12.4 Å². The summed E-state index contributed by atoms with van der Waals surface area (Å²) in [5.41, 5.74) is 6.35. The first-order chi connectivity index (χ1) is 7.26. The van der Waals surface area contributed by atoms with E-state index in [1.54, 1.807) is 7.11 Å². The normalized spacial score (nSPS) is 15.1. The van der Waals surface area contributed by atoms with E-state index >= 15 is 0 Å². The first-order valence-corrected chi connectivity index (χ1v) is 5.21. The number of hydrogen-bond donors (Lipinski definition) is 2. The number of methoxy groups -OCH3 is 1. The SMILES string of the molecule is CCNc1nc(C2CC2)nc(OC)c1N. The molecule has 5 nitrogen and oxygen atoms in total. The molecule has 0 aliphatic heterocycles. The molecule has 0 bridgehead atoms. The summed E-state index contributed by atoms with van der Waals surface area (Å²) in [6, 6.07) is 0. The van der Waals surface area contributed by atoms with Crippen molar-refractivity contribution in [3.05, 3.63) is 5.82 Å². The molecule has 5 heteroatoms. The number of anilines is 2. The summed E-state index contributed by atoms with van der Waals surface area (Å²) in [5, 5.41) is 3.12. The minimum absolute atomic E-state index is 0.475. The van der Waals surface area contributed by atoms with Crippen molar-refractivity contribution in [2.75, 3.05) is 24.7 Å². The van der Waals surface area contributed by atoms with Crippen LogP contribution in [0.25, 0.3) is 0 Å². The van der Waals surface area contributed by atoms with Crippen LogP contribution in [0.4, 0.5) is 11.5 Å². The first-order valence-electron chi connectivity index (χ1n) is 5.21. The van der Waals surface area contributed by atoms with Crippen molar-refractivity contribution in [3.63, 3.8) is 0 Å². The second-order valence-corrected chi connectivity index (χ2v) is 3.66. The number of nitrogens with two attached hydrogens (primary N) is 1. The molecule has 3 N–H and O–H groups in total. The van der Waals surface area contributed by atoms with Crippen molar-refractivity contribution in [2.45, 2.75) is 25.7 Å². The lowest BCUT2D eigenvalue weighted by molar-refractivity contribution is 0.397. The van der Waals surface area contributed by atoms with E-state index in [4.69, 9.17) is 10.5 Å². The van der Waals surface area contributed by atoms with Crippen LogP contribution in [0.5, 0.6) is 5.88 Å². The van der Waals surface area contributed by atoms with Crippen LogP contribution in [-0.2, 0) is 0 Å². The average Bonchev–Trinajstić information content (AvgIpc) is 3.05. The van der Waals surface area contributed by atoms with Gasteiger partial charge < -0.3 is 15.8 Å². The fraction of sp³-hybridized carbons (Fsp3) is 0.600. The van der Waals surface area contributed by atoms with Crippen LogP contribution >= 0.6 is 0 Å². The first kappa shape index (κ1) is 10.0. The molecule has 0 atom stereocenters. The molecular formula is C10H16N4O. The van der Waals surface area contributed by atoms with Crippen LogP contribution < -0.4 is 15.8 Å². The Morgan fingerprint density at radius 2 is 2.20 bits per heavy atom. The fourth-order valence-corrected chi connectivity index (χ4v) is 1.45. The Labute approximate surface area is 89.1 Å². The highest BCUT2D eigenvalue weighted by molar-refractivity contribution is 5.67. The summed E-state index contributed by atoms with van der Waals surface area (Å²) in [4.78, 5) is 8.70. The minimum Gasteiger partial charge on any atom is -0.479 e. The zero-order valence-electron chi connectivity index (χ0n) is 9.08. The second kappa shape index (κ2) is 3.92. The Morgan fingerprint density at radius 1 is 1.47 bits per heavy atom. The van der Waals surface area contributed by atoms with Crippen molar-refractivity contribution >= 4 is 11.5 Å². The highest BCUT2D eigenvalue weighted by atomic mass is 16.5. The Bertz CT molecular complexity index is 363. The van der Waals surface area contributed by atoms with E-state index in [0.29, 0.717) is 23.3 Å². The van der Waals surface area contributed by atoms with Crippen molar-refractivity contribution in [1.29, 1.82) is 0 Å². The van der Waals surface area contributed by atoms with E-state index in [1.807, 2.05) is 6.92 Å². The van der Waals surface area contributed by atoms with Gasteiger partial charge in [0.25, 0.3) is 0 Å². The molecule has 0 amide bonds. The molecule has 1 heterocycles. The van der Waals surface area contributed by atoms with Crippen LogP contribution in [0.3, 0.4) is 0 Å². The Balaban J connectivity index is 2.37. The van der Waals surface area contributed by atoms with Crippen molar-refractivity contribution < 1.29 is 4.74 Å². The molecular weight excluding hydrogens is 192 g/mol. The third-order valence-corrected chi connectivity index (χ3v) is 2.41. The summed E-state index contributed by atoms with van der Waals surface area (Å²) < 4.78 is 5.13. The molecule has 1 aliphatic rings. The zero-order chi connectivity index (χ0) is 10.8. The van der Waals surface area contributed by atoms with Gasteiger partial charge in [0.05, 0.1) is 7.11 Å². The fourth-order valence-electron chi connectivity index (χ4n) is 1.45. The monoisotopic (exact) mass is 208 g/mol. The molecule has 0 saturated heterocycles. The second-order valence-electron chi connectivity index (χ2n) is 3.66. The topological polar surface area (TPSA) is 73.1 Å². The molecule has 82 valence electrons. The summed E-state index contributed by atoms with van der Waals surface area (Å²) in [6.45, 7) is 2.79. The largest absolute Gasteiger partial charge is 0.479 e. The van der Waals surface area contributed by atoms with Gasteiger partial charge in [-0.05, 0) is 19.8 Å². The maximum absolute atomic E-state index is 5.86. The molecule has 1 fully saturated rings. The van der Waals surface area contributed by atoms with Crippen LogP contribution in [0.2, 0.25) is 0 Å². The lowest BCUT2D eigenvalue weighted by Crippen LogP contribution is -2.09. The molecule has 0 spiro atoms. The van der Waals surface area contributed by atoms with Gasteiger partial charge in [-0.3, -0.25) is 0 Å². The number of ether oxygens (including phenoxy) is 1. The number of aromatic nitrogens is 2. The predicted octanol–water partition coefficient (Wildman–Crippen LogP) is 1.38. The molecule has 0 radical (unpaired) electrons. The van der Waals surface area contributed by atoms with Crippen LogP contribution in [0.15, 0.2) is 0 Å². The van der Waals surface area contributed by atoms with Gasteiger partial charge in [-0.15, -0.1) is 0 Å². The summed E-state index contributed by atoms with van der Waals surface area (Å²) in [6.07, 6.45) is 2.33. The van der Waals surface area contributed by atoms with Gasteiger partial charge in [-0.1, -0.05) is 0 Å². The van der Waals surface area contributed by atoms with Crippen LogP contribution in [0.1, 0.15) is 31.5 Å². The number of nitrogens with one attached hydrogen (secondary N) is 1. The highest BCUT2D eigenvalue weighted by Gasteiger charge is 2.28. The molecule has 1 aliphatic carbocycles. The van der Waals surface area contributed by atoms with Gasteiger partial charge >= 0.3 is 0 Å². The standard InChI is InChI=1S/C10H16N4O/c1-3-12-9-7(11)10(15-2)14-8(13-9)6-4-5-6/h6H,3-5,11H2,1-2H3,(H,12,13,14). The Kier molecular flexibility index (Phi) is 2.62. The number of nitrogens with zero attached hydrogens (tertiary/aromatic N) is 2. The maximum Gasteiger partial charge on any atom is 0.242 e. The van der Waals surface area contributed by atoms with Gasteiger partial charge in [0.1, 0.15) is 11.5 Å². The lowest BCUT2D eigenvalue weighted by atomic mass is 10.3. The molecule has 1 aromatic heterocycles. The number of hydrogen-bond acceptors (Lipinski definition) is 5. The predicted molar refractivity (Wildman–Crippen MR) is 59.1 cm³/mol. The van der Waals surface area contributed by atoms with Crippen molar-refractivity contribution in [1.82, 2.24) is 9.97 Å². The third-order valence-electron chi connectivity index (χ3n) is 2.41. The van der Waals surface area contributed by atoms with Crippen LogP contribution in [-0.4, -0.2) is 23.6 Å². The maximum atomic E-state index is 5.86. The summed E-state index contributed by atoms with van der Waals surface area (Å²) >= 11 is 0. The Hall–Kier alpha value is -1.52. The summed E-state index contributed by atoms with van der Waals surface area (Å²) in [7, 11) is 1.57. The van der Waals surface area contributed by atoms with Gasteiger partial charge in [0.2, 0.25) is 5.88 Å². The average molecular weight is 208 g/mol. The van der Waals surface area contributed by atoms with E-state index in [9.17, 15) is 0 Å². The van der Waals surface area contributed by atoms with Gasteiger partial charge in [-0.2, -0.15) is 4.98 Å². The molecule has 0 aromatic carbocycles. The van der Waals surface area contributed by atoms with E-state index in [1.165, 1.54) is 12.8 Å². The number of nitrogen functional groups attached to an aromatic ring is 1. The lowest BCUT2D eigenvalue weighted by Gasteiger charge is -2.11. The molecule has 1 saturated carbocycles. The zero-order valence-corrected chi connectivity index (χ0v) is 9.08. The highest BCUT2D eigenvalue weighted by Crippen LogP contribution is 2.40. The van der Waals surface area contributed by atoms with Gasteiger partial charge in [0, 0.05) is 12.5 Å². The summed E-state index contributed by atoms with van der Waals surface area (Å²) in [5.74, 6) is 2.50. The molecule has 15 heavy (non-hydrogen) atoms.